The maximum absolute atomic E-state index is 12.6. The van der Waals surface area contributed by atoms with Crippen molar-refractivity contribution in [2.45, 2.75) is 13.5 Å². The molecule has 32 heavy (non-hydrogen) atoms. The van der Waals surface area contributed by atoms with Crippen LogP contribution in [0.15, 0.2) is 63.2 Å². The fourth-order valence-electron chi connectivity index (χ4n) is 3.23. The van der Waals surface area contributed by atoms with Crippen molar-refractivity contribution in [1.82, 2.24) is 19.1 Å². The lowest BCUT2D eigenvalue weighted by Gasteiger charge is -2.08. The molecule has 0 amide bonds. The van der Waals surface area contributed by atoms with Crippen molar-refractivity contribution in [3.05, 3.63) is 96.2 Å². The van der Waals surface area contributed by atoms with E-state index in [4.69, 9.17) is 0 Å². The molecule has 2 aromatic heterocycles. The van der Waals surface area contributed by atoms with E-state index in [0.717, 1.165) is 11.1 Å². The fourth-order valence-corrected chi connectivity index (χ4v) is 3.23. The van der Waals surface area contributed by atoms with Gasteiger partial charge in [0.2, 0.25) is 5.95 Å². The predicted molar refractivity (Wildman–Crippen MR) is 120 cm³/mol. The highest BCUT2D eigenvalue weighted by atomic mass is 16.6. The molecule has 11 heteroatoms. The number of aromatic amines is 1. The van der Waals surface area contributed by atoms with Crippen LogP contribution in [0.4, 0.5) is 11.6 Å². The van der Waals surface area contributed by atoms with Gasteiger partial charge in [0, 0.05) is 24.7 Å². The average Bonchev–Trinajstić information content (AvgIpc) is 3.13. The second-order valence-corrected chi connectivity index (χ2v) is 7.22. The van der Waals surface area contributed by atoms with E-state index in [0.29, 0.717) is 12.1 Å². The Labute approximate surface area is 180 Å². The van der Waals surface area contributed by atoms with Gasteiger partial charge in [0.1, 0.15) is 0 Å². The zero-order valence-corrected chi connectivity index (χ0v) is 17.3. The highest BCUT2D eigenvalue weighted by molar-refractivity contribution is 5.81. The fraction of sp³-hybridized carbons (Fsp3) is 0.143. The minimum absolute atomic E-state index is 0.0536. The highest BCUT2D eigenvalue weighted by Crippen LogP contribution is 2.18. The van der Waals surface area contributed by atoms with E-state index in [9.17, 15) is 19.7 Å². The number of nitrogens with one attached hydrogen (secondary N) is 2. The van der Waals surface area contributed by atoms with Crippen LogP contribution in [0.2, 0.25) is 0 Å². The van der Waals surface area contributed by atoms with Crippen molar-refractivity contribution in [3.63, 3.8) is 0 Å². The highest BCUT2D eigenvalue weighted by Gasteiger charge is 2.17. The first-order valence-electron chi connectivity index (χ1n) is 9.62. The Hall–Kier alpha value is -4.54. The molecule has 4 rings (SSSR count). The summed E-state index contributed by atoms with van der Waals surface area (Å²) in [7, 11) is 1.51. The number of fused-ring (bicyclic) bond motifs is 1. The van der Waals surface area contributed by atoms with E-state index in [1.807, 2.05) is 31.2 Å². The summed E-state index contributed by atoms with van der Waals surface area (Å²) in [6, 6.07) is 13.8. The Bertz CT molecular complexity index is 1460. The largest absolute Gasteiger partial charge is 0.329 e. The summed E-state index contributed by atoms with van der Waals surface area (Å²) in [5.41, 5.74) is 4.57. The Morgan fingerprint density at radius 1 is 1.22 bits per heavy atom. The second kappa shape index (κ2) is 8.30. The van der Waals surface area contributed by atoms with Crippen LogP contribution in [0.3, 0.4) is 0 Å². The minimum Gasteiger partial charge on any atom is -0.298 e. The molecule has 0 aliphatic rings. The van der Waals surface area contributed by atoms with Crippen molar-refractivity contribution in [2.75, 3.05) is 5.43 Å². The van der Waals surface area contributed by atoms with Crippen LogP contribution in [-0.4, -0.2) is 30.2 Å². The van der Waals surface area contributed by atoms with Crippen molar-refractivity contribution in [3.8, 4) is 0 Å². The zero-order valence-electron chi connectivity index (χ0n) is 17.3. The number of hydrogen-bond donors (Lipinski definition) is 2. The van der Waals surface area contributed by atoms with E-state index in [2.05, 4.69) is 20.5 Å². The van der Waals surface area contributed by atoms with Gasteiger partial charge in [-0.1, -0.05) is 42.0 Å². The van der Waals surface area contributed by atoms with Crippen molar-refractivity contribution < 1.29 is 4.92 Å². The van der Waals surface area contributed by atoms with Crippen LogP contribution >= 0.6 is 0 Å². The number of hydrazone groups is 1. The molecule has 2 heterocycles. The van der Waals surface area contributed by atoms with Gasteiger partial charge >= 0.3 is 5.69 Å². The summed E-state index contributed by atoms with van der Waals surface area (Å²) in [5.74, 6) is 0.244. The first-order valence-corrected chi connectivity index (χ1v) is 9.62. The number of H-pyrrole nitrogens is 1. The molecular formula is C21H19N7O4. The van der Waals surface area contributed by atoms with Crippen LogP contribution < -0.4 is 16.7 Å². The van der Waals surface area contributed by atoms with Crippen LogP contribution in [0.25, 0.3) is 11.2 Å². The topological polar surface area (TPSA) is 140 Å². The summed E-state index contributed by atoms with van der Waals surface area (Å²) < 4.78 is 2.88. The first kappa shape index (κ1) is 20.7. The van der Waals surface area contributed by atoms with E-state index in [-0.39, 0.29) is 22.8 Å². The van der Waals surface area contributed by atoms with Crippen LogP contribution in [0, 0.1) is 17.0 Å². The molecule has 0 unspecified atom stereocenters. The summed E-state index contributed by atoms with van der Waals surface area (Å²) >= 11 is 0. The monoisotopic (exact) mass is 433 g/mol. The molecule has 0 bridgehead atoms. The Kier molecular flexibility index (Phi) is 5.37. The molecule has 0 saturated carbocycles. The lowest BCUT2D eigenvalue weighted by molar-refractivity contribution is -0.384. The number of aromatic nitrogens is 4. The maximum atomic E-state index is 12.6. The molecule has 0 aliphatic carbocycles. The number of nitro groups is 1. The molecule has 2 N–H and O–H groups in total. The van der Waals surface area contributed by atoms with E-state index in [1.54, 1.807) is 16.7 Å². The first-order chi connectivity index (χ1) is 15.3. The molecule has 162 valence electrons. The standard InChI is InChI=1S/C21H19N7O4/c1-13-6-8-14(9-7-13)12-27-17-18(26(2)21(30)24-19(17)29)23-20(27)25-22-11-15-4-3-5-16(10-15)28(31)32/h3-11H,12H2,1-2H3,(H,23,25)(H,24,29,30)/b22-11+. The number of nitrogens with zero attached hydrogens (tertiary/aromatic N) is 5. The Morgan fingerprint density at radius 2 is 1.97 bits per heavy atom. The quantitative estimate of drug-likeness (QED) is 0.271. The molecule has 0 spiro atoms. The predicted octanol–water partition coefficient (Wildman–Crippen LogP) is 2.13. The molecule has 0 radical (unpaired) electrons. The van der Waals surface area contributed by atoms with Crippen LogP contribution in [-0.2, 0) is 13.6 Å². The van der Waals surface area contributed by atoms with Gasteiger partial charge in [-0.2, -0.15) is 10.1 Å². The van der Waals surface area contributed by atoms with E-state index >= 15 is 0 Å². The van der Waals surface area contributed by atoms with Gasteiger partial charge in [0.25, 0.3) is 11.2 Å². The Balaban J connectivity index is 1.75. The minimum atomic E-state index is -0.575. The third kappa shape index (κ3) is 4.03. The van der Waals surface area contributed by atoms with Crippen molar-refractivity contribution >= 4 is 29.0 Å². The second-order valence-electron chi connectivity index (χ2n) is 7.22. The zero-order chi connectivity index (χ0) is 22.8. The molecular weight excluding hydrogens is 414 g/mol. The average molecular weight is 433 g/mol. The van der Waals surface area contributed by atoms with Crippen molar-refractivity contribution in [2.24, 2.45) is 12.1 Å². The third-order valence-electron chi connectivity index (χ3n) is 4.93. The number of hydrogen-bond acceptors (Lipinski definition) is 7. The number of non-ortho nitro benzene ring substituents is 1. The molecule has 2 aromatic carbocycles. The lowest BCUT2D eigenvalue weighted by atomic mass is 10.1. The summed E-state index contributed by atoms with van der Waals surface area (Å²) in [6.45, 7) is 2.29. The molecule has 0 saturated heterocycles. The lowest BCUT2D eigenvalue weighted by Crippen LogP contribution is -2.29. The van der Waals surface area contributed by atoms with Gasteiger partial charge in [-0.15, -0.1) is 0 Å². The number of imidazole rings is 1. The summed E-state index contributed by atoms with van der Waals surface area (Å²) in [4.78, 5) is 41.7. The van der Waals surface area contributed by atoms with Gasteiger partial charge in [-0.3, -0.25) is 29.0 Å². The van der Waals surface area contributed by atoms with Crippen LogP contribution in [0.5, 0.6) is 0 Å². The van der Waals surface area contributed by atoms with Gasteiger partial charge in [-0.05, 0) is 12.5 Å². The number of rotatable bonds is 6. The smallest absolute Gasteiger partial charge is 0.298 e. The molecule has 0 atom stereocenters. The summed E-state index contributed by atoms with van der Waals surface area (Å²) in [5, 5.41) is 15.1. The number of nitro benzene ring substituents is 1. The normalized spacial score (nSPS) is 11.3. The summed E-state index contributed by atoms with van der Waals surface area (Å²) in [6.07, 6.45) is 1.41. The molecule has 0 aliphatic heterocycles. The van der Waals surface area contributed by atoms with Gasteiger partial charge in [0.15, 0.2) is 11.2 Å². The van der Waals surface area contributed by atoms with Gasteiger partial charge in [0.05, 0.1) is 17.7 Å². The number of anilines is 1. The van der Waals surface area contributed by atoms with Crippen molar-refractivity contribution in [1.29, 1.82) is 0 Å². The molecule has 0 fully saturated rings. The van der Waals surface area contributed by atoms with Crippen LogP contribution in [0.1, 0.15) is 16.7 Å². The Morgan fingerprint density at radius 3 is 2.69 bits per heavy atom. The van der Waals surface area contributed by atoms with E-state index < -0.39 is 16.2 Å². The number of benzene rings is 2. The van der Waals surface area contributed by atoms with E-state index in [1.165, 1.54) is 30.0 Å². The molecule has 11 nitrogen and oxygen atoms in total. The maximum Gasteiger partial charge on any atom is 0.329 e. The SMILES string of the molecule is Cc1ccc(Cn2c(N/N=C/c3cccc([N+](=O)[O-])c3)nc3c2c(=O)[nH]c(=O)n3C)cc1. The third-order valence-corrected chi connectivity index (χ3v) is 4.93. The number of aryl methyl sites for hydroxylation is 2. The van der Waals surface area contributed by atoms with Gasteiger partial charge in [-0.25, -0.2) is 10.2 Å². The van der Waals surface area contributed by atoms with Gasteiger partial charge < -0.3 is 0 Å². The molecule has 4 aromatic rings.